The minimum absolute atomic E-state index is 0.514. The lowest BCUT2D eigenvalue weighted by atomic mass is 10.0. The summed E-state index contributed by atoms with van der Waals surface area (Å²) in [6.07, 6.45) is 0. The standard InChI is InChI=1S/C17H12ClN.C2H6/c18-17-12-15(13-7-3-1-4-8-13)11-16(19-17)14-9-5-2-6-10-14;1-2/h1-12H;1-2H3. The van der Waals surface area contributed by atoms with Gasteiger partial charge in [-0.05, 0) is 23.3 Å². The van der Waals surface area contributed by atoms with Crippen LogP contribution in [0.2, 0.25) is 5.15 Å². The highest BCUT2D eigenvalue weighted by atomic mass is 35.5. The van der Waals surface area contributed by atoms with Crippen molar-refractivity contribution in [1.82, 2.24) is 4.98 Å². The van der Waals surface area contributed by atoms with Crippen LogP contribution in [0.1, 0.15) is 13.8 Å². The number of pyridine rings is 1. The first-order valence-corrected chi connectivity index (χ1v) is 7.49. The molecule has 0 fully saturated rings. The molecule has 0 spiro atoms. The van der Waals surface area contributed by atoms with E-state index in [0.717, 1.165) is 22.4 Å². The Kier molecular flexibility index (Phi) is 5.53. The maximum absolute atomic E-state index is 6.14. The molecule has 0 aliphatic carbocycles. The molecule has 0 atom stereocenters. The third-order valence-corrected chi connectivity index (χ3v) is 3.16. The SMILES string of the molecule is CC.Clc1cc(-c2ccccc2)cc(-c2ccccc2)n1. The minimum atomic E-state index is 0.514. The molecule has 0 saturated heterocycles. The smallest absolute Gasteiger partial charge is 0.130 e. The largest absolute Gasteiger partial charge is 0.236 e. The molecule has 1 nitrogen and oxygen atoms in total. The fourth-order valence-electron chi connectivity index (χ4n) is 2.05. The highest BCUT2D eigenvalue weighted by Crippen LogP contribution is 2.27. The Morgan fingerprint density at radius 3 is 1.76 bits per heavy atom. The Morgan fingerprint density at radius 2 is 1.19 bits per heavy atom. The Bertz CT molecular complexity index is 621. The summed E-state index contributed by atoms with van der Waals surface area (Å²) in [4.78, 5) is 4.40. The van der Waals surface area contributed by atoms with Crippen molar-refractivity contribution in [2.45, 2.75) is 13.8 Å². The number of aromatic nitrogens is 1. The highest BCUT2D eigenvalue weighted by Gasteiger charge is 2.05. The van der Waals surface area contributed by atoms with Gasteiger partial charge in [0, 0.05) is 5.56 Å². The van der Waals surface area contributed by atoms with E-state index in [-0.39, 0.29) is 0 Å². The van der Waals surface area contributed by atoms with Gasteiger partial charge in [-0.15, -0.1) is 0 Å². The molecule has 21 heavy (non-hydrogen) atoms. The van der Waals surface area contributed by atoms with Gasteiger partial charge in [-0.1, -0.05) is 86.1 Å². The topological polar surface area (TPSA) is 12.9 Å². The molecule has 2 aromatic carbocycles. The lowest BCUT2D eigenvalue weighted by Gasteiger charge is -2.06. The van der Waals surface area contributed by atoms with Crippen molar-refractivity contribution in [3.8, 4) is 22.4 Å². The van der Waals surface area contributed by atoms with E-state index in [1.807, 2.05) is 68.4 Å². The van der Waals surface area contributed by atoms with Crippen molar-refractivity contribution in [2.24, 2.45) is 0 Å². The Morgan fingerprint density at radius 1 is 0.667 bits per heavy atom. The minimum Gasteiger partial charge on any atom is -0.236 e. The van der Waals surface area contributed by atoms with Crippen LogP contribution in [-0.4, -0.2) is 4.98 Å². The van der Waals surface area contributed by atoms with Gasteiger partial charge < -0.3 is 0 Å². The number of rotatable bonds is 2. The second-order valence-corrected chi connectivity index (χ2v) is 4.68. The molecular formula is C19H18ClN. The Labute approximate surface area is 131 Å². The first-order chi connectivity index (χ1) is 10.3. The normalized spacial score (nSPS) is 9.67. The molecule has 0 radical (unpaired) electrons. The summed E-state index contributed by atoms with van der Waals surface area (Å²) in [7, 11) is 0. The molecule has 1 heterocycles. The molecule has 2 heteroatoms. The summed E-state index contributed by atoms with van der Waals surface area (Å²) >= 11 is 6.14. The first-order valence-electron chi connectivity index (χ1n) is 7.11. The molecule has 3 rings (SSSR count). The number of benzene rings is 2. The predicted octanol–water partition coefficient (Wildman–Crippen LogP) is 6.10. The van der Waals surface area contributed by atoms with Crippen LogP contribution in [0, 0.1) is 0 Å². The molecular weight excluding hydrogens is 278 g/mol. The van der Waals surface area contributed by atoms with Crippen molar-refractivity contribution < 1.29 is 0 Å². The number of halogens is 1. The lowest BCUT2D eigenvalue weighted by molar-refractivity contribution is 1.32. The van der Waals surface area contributed by atoms with Gasteiger partial charge in [0.1, 0.15) is 5.15 Å². The number of hydrogen-bond donors (Lipinski definition) is 0. The average Bonchev–Trinajstić information content (AvgIpc) is 2.58. The first kappa shape index (κ1) is 15.3. The molecule has 0 aliphatic heterocycles. The van der Waals surface area contributed by atoms with Gasteiger partial charge in [0.2, 0.25) is 0 Å². The van der Waals surface area contributed by atoms with Gasteiger partial charge in [0.25, 0.3) is 0 Å². The van der Waals surface area contributed by atoms with Gasteiger partial charge in [-0.25, -0.2) is 4.98 Å². The summed E-state index contributed by atoms with van der Waals surface area (Å²) < 4.78 is 0. The summed E-state index contributed by atoms with van der Waals surface area (Å²) in [6, 6.07) is 24.2. The molecule has 0 amide bonds. The van der Waals surface area contributed by atoms with Gasteiger partial charge in [0.05, 0.1) is 5.69 Å². The van der Waals surface area contributed by atoms with Crippen LogP contribution in [0.15, 0.2) is 72.8 Å². The van der Waals surface area contributed by atoms with Crippen LogP contribution < -0.4 is 0 Å². The fraction of sp³-hybridized carbons (Fsp3) is 0.105. The van der Waals surface area contributed by atoms with E-state index in [1.54, 1.807) is 0 Å². The van der Waals surface area contributed by atoms with E-state index < -0.39 is 0 Å². The molecule has 0 unspecified atom stereocenters. The summed E-state index contributed by atoms with van der Waals surface area (Å²) in [5.74, 6) is 0. The molecule has 1 aromatic heterocycles. The second-order valence-electron chi connectivity index (χ2n) is 4.30. The molecule has 0 N–H and O–H groups in total. The van der Waals surface area contributed by atoms with Crippen molar-refractivity contribution >= 4 is 11.6 Å². The van der Waals surface area contributed by atoms with Crippen LogP contribution in [0.4, 0.5) is 0 Å². The van der Waals surface area contributed by atoms with Crippen molar-refractivity contribution in [3.05, 3.63) is 77.9 Å². The van der Waals surface area contributed by atoms with Crippen LogP contribution in [-0.2, 0) is 0 Å². The van der Waals surface area contributed by atoms with Crippen molar-refractivity contribution in [3.63, 3.8) is 0 Å². The molecule has 0 aliphatic rings. The molecule has 0 saturated carbocycles. The van der Waals surface area contributed by atoms with E-state index in [9.17, 15) is 0 Å². The summed E-state index contributed by atoms with van der Waals surface area (Å²) in [6.45, 7) is 4.00. The zero-order valence-corrected chi connectivity index (χ0v) is 13.0. The zero-order valence-electron chi connectivity index (χ0n) is 12.3. The molecule has 0 bridgehead atoms. The van der Waals surface area contributed by atoms with Crippen LogP contribution in [0.5, 0.6) is 0 Å². The maximum Gasteiger partial charge on any atom is 0.130 e. The van der Waals surface area contributed by atoms with Crippen molar-refractivity contribution in [1.29, 1.82) is 0 Å². The maximum atomic E-state index is 6.14. The number of nitrogens with zero attached hydrogens (tertiary/aromatic N) is 1. The van der Waals surface area contributed by atoms with Gasteiger partial charge >= 0.3 is 0 Å². The fourth-order valence-corrected chi connectivity index (χ4v) is 2.26. The third-order valence-electron chi connectivity index (χ3n) is 2.97. The van der Waals surface area contributed by atoms with Crippen LogP contribution >= 0.6 is 11.6 Å². The molecule has 106 valence electrons. The van der Waals surface area contributed by atoms with E-state index in [2.05, 4.69) is 23.2 Å². The van der Waals surface area contributed by atoms with E-state index in [4.69, 9.17) is 11.6 Å². The zero-order chi connectivity index (χ0) is 15.1. The van der Waals surface area contributed by atoms with E-state index in [1.165, 1.54) is 0 Å². The third kappa shape index (κ3) is 3.93. The highest BCUT2D eigenvalue weighted by molar-refractivity contribution is 6.29. The molecule has 3 aromatic rings. The van der Waals surface area contributed by atoms with Gasteiger partial charge in [-0.3, -0.25) is 0 Å². The second kappa shape index (κ2) is 7.61. The van der Waals surface area contributed by atoms with Gasteiger partial charge in [0.15, 0.2) is 0 Å². The van der Waals surface area contributed by atoms with Gasteiger partial charge in [-0.2, -0.15) is 0 Å². The Hall–Kier alpha value is -2.12. The Balaban J connectivity index is 0.000000774. The summed E-state index contributed by atoms with van der Waals surface area (Å²) in [5.41, 5.74) is 4.19. The van der Waals surface area contributed by atoms with Crippen molar-refractivity contribution in [2.75, 3.05) is 0 Å². The number of hydrogen-bond acceptors (Lipinski definition) is 1. The van der Waals surface area contributed by atoms with Crippen LogP contribution in [0.3, 0.4) is 0 Å². The average molecular weight is 296 g/mol. The van der Waals surface area contributed by atoms with E-state index >= 15 is 0 Å². The summed E-state index contributed by atoms with van der Waals surface area (Å²) in [5, 5.41) is 0.514. The lowest BCUT2D eigenvalue weighted by Crippen LogP contribution is -1.87. The quantitative estimate of drug-likeness (QED) is 0.521. The van der Waals surface area contributed by atoms with Crippen LogP contribution in [0.25, 0.3) is 22.4 Å². The predicted molar refractivity (Wildman–Crippen MR) is 91.5 cm³/mol. The van der Waals surface area contributed by atoms with E-state index in [0.29, 0.717) is 5.15 Å². The monoisotopic (exact) mass is 295 g/mol.